The Morgan fingerprint density at radius 1 is 1.50 bits per heavy atom. The van der Waals surface area contributed by atoms with Crippen molar-refractivity contribution < 1.29 is 9.90 Å². The molecular formula is C12H26N2O2. The molecular weight excluding hydrogens is 204 g/mol. The second-order valence-electron chi connectivity index (χ2n) is 4.76. The molecule has 0 aliphatic rings. The number of rotatable bonds is 8. The first-order valence-corrected chi connectivity index (χ1v) is 6.11. The fourth-order valence-electron chi connectivity index (χ4n) is 1.88. The maximum absolute atomic E-state index is 10.9. The van der Waals surface area contributed by atoms with Crippen LogP contribution in [-0.2, 0) is 4.79 Å². The molecule has 0 heterocycles. The second kappa shape index (κ2) is 6.86. The van der Waals surface area contributed by atoms with Gasteiger partial charge in [-0.3, -0.25) is 4.79 Å². The minimum atomic E-state index is -1.13. The quantitative estimate of drug-likeness (QED) is 0.666. The molecule has 2 unspecified atom stereocenters. The zero-order valence-corrected chi connectivity index (χ0v) is 11.0. The van der Waals surface area contributed by atoms with Crippen molar-refractivity contribution in [3.8, 4) is 0 Å². The first-order valence-electron chi connectivity index (χ1n) is 6.11. The van der Waals surface area contributed by atoms with E-state index < -0.39 is 11.5 Å². The molecule has 0 aromatic carbocycles. The van der Waals surface area contributed by atoms with Crippen LogP contribution in [0.5, 0.6) is 0 Å². The van der Waals surface area contributed by atoms with E-state index in [1.54, 1.807) is 6.92 Å². The molecule has 0 saturated heterocycles. The lowest BCUT2D eigenvalue weighted by Gasteiger charge is -2.32. The highest BCUT2D eigenvalue weighted by atomic mass is 16.4. The predicted octanol–water partition coefficient (Wildman–Crippen LogP) is 1.69. The summed E-state index contributed by atoms with van der Waals surface area (Å²) in [6.07, 6.45) is 2.79. The molecule has 0 rings (SSSR count). The lowest BCUT2D eigenvalue weighted by molar-refractivity contribution is -0.143. The number of aliphatic carboxylic acids is 1. The van der Waals surface area contributed by atoms with Gasteiger partial charge < -0.3 is 15.7 Å². The minimum Gasteiger partial charge on any atom is -0.480 e. The highest BCUT2D eigenvalue weighted by Crippen LogP contribution is 2.14. The van der Waals surface area contributed by atoms with Gasteiger partial charge in [0.25, 0.3) is 0 Å². The zero-order chi connectivity index (χ0) is 12.8. The molecule has 16 heavy (non-hydrogen) atoms. The summed E-state index contributed by atoms with van der Waals surface area (Å²) in [4.78, 5) is 13.2. The summed E-state index contributed by atoms with van der Waals surface area (Å²) in [5.74, 6) is -0.925. The van der Waals surface area contributed by atoms with Gasteiger partial charge in [0.15, 0.2) is 0 Å². The Kier molecular flexibility index (Phi) is 6.60. The second-order valence-corrected chi connectivity index (χ2v) is 4.76. The molecule has 0 spiro atoms. The summed E-state index contributed by atoms with van der Waals surface area (Å²) < 4.78 is 0. The van der Waals surface area contributed by atoms with Crippen molar-refractivity contribution in [3.63, 3.8) is 0 Å². The van der Waals surface area contributed by atoms with Gasteiger partial charge >= 0.3 is 5.97 Å². The third-order valence-corrected chi connectivity index (χ3v) is 3.04. The van der Waals surface area contributed by atoms with E-state index in [0.717, 1.165) is 25.9 Å². The largest absolute Gasteiger partial charge is 0.480 e. The summed E-state index contributed by atoms with van der Waals surface area (Å²) in [6.45, 7) is 9.84. The Bertz CT molecular complexity index is 217. The Morgan fingerprint density at radius 3 is 2.44 bits per heavy atom. The maximum atomic E-state index is 10.9. The fourth-order valence-corrected chi connectivity index (χ4v) is 1.88. The molecule has 4 nitrogen and oxygen atoms in total. The third kappa shape index (κ3) is 4.94. The van der Waals surface area contributed by atoms with Crippen molar-refractivity contribution in [1.29, 1.82) is 0 Å². The number of carboxylic acids is 1. The van der Waals surface area contributed by atoms with Crippen LogP contribution in [-0.4, -0.2) is 40.6 Å². The van der Waals surface area contributed by atoms with Crippen LogP contribution in [0, 0.1) is 0 Å². The first-order chi connectivity index (χ1) is 7.35. The molecule has 0 amide bonds. The van der Waals surface area contributed by atoms with Gasteiger partial charge in [-0.25, -0.2) is 0 Å². The maximum Gasteiger partial charge on any atom is 0.323 e. The molecule has 0 bridgehead atoms. The van der Waals surface area contributed by atoms with Gasteiger partial charge in [-0.05, 0) is 39.8 Å². The van der Waals surface area contributed by atoms with Crippen LogP contribution in [0.25, 0.3) is 0 Å². The van der Waals surface area contributed by atoms with Crippen molar-refractivity contribution >= 4 is 5.97 Å². The molecule has 0 aliphatic carbocycles. The van der Waals surface area contributed by atoms with Gasteiger partial charge in [-0.15, -0.1) is 0 Å². The van der Waals surface area contributed by atoms with Crippen molar-refractivity contribution in [2.75, 3.05) is 13.1 Å². The zero-order valence-electron chi connectivity index (χ0n) is 11.0. The van der Waals surface area contributed by atoms with E-state index in [1.165, 1.54) is 0 Å². The standard InChI is InChI=1S/C12H26N2O2/c1-5-7-8-14(6-2)10(3)9-12(4,13)11(15)16/h10H,5-9,13H2,1-4H3,(H,15,16). The van der Waals surface area contributed by atoms with E-state index in [1.807, 2.05) is 6.92 Å². The number of nitrogens with zero attached hydrogens (tertiary/aromatic N) is 1. The minimum absolute atomic E-state index is 0.211. The van der Waals surface area contributed by atoms with Gasteiger partial charge in [0, 0.05) is 6.04 Å². The molecule has 2 atom stereocenters. The molecule has 0 radical (unpaired) electrons. The number of carboxylic acid groups (broad SMARTS) is 1. The van der Waals surface area contributed by atoms with Crippen LogP contribution < -0.4 is 5.73 Å². The molecule has 4 heteroatoms. The SMILES string of the molecule is CCCCN(CC)C(C)CC(C)(N)C(=O)O. The molecule has 0 aromatic heterocycles. The molecule has 3 N–H and O–H groups in total. The number of carbonyl (C=O) groups is 1. The van der Waals surface area contributed by atoms with Crippen LogP contribution in [0.1, 0.15) is 47.0 Å². The number of unbranched alkanes of at least 4 members (excludes halogenated alkanes) is 1. The first kappa shape index (κ1) is 15.4. The number of hydrogen-bond donors (Lipinski definition) is 2. The van der Waals surface area contributed by atoms with Gasteiger partial charge in [0.1, 0.15) is 5.54 Å². The summed E-state index contributed by atoms with van der Waals surface area (Å²) in [5, 5.41) is 8.98. The summed E-state index contributed by atoms with van der Waals surface area (Å²) in [6, 6.07) is 0.211. The van der Waals surface area contributed by atoms with E-state index in [-0.39, 0.29) is 6.04 Å². The van der Waals surface area contributed by atoms with Crippen molar-refractivity contribution in [2.24, 2.45) is 5.73 Å². The van der Waals surface area contributed by atoms with Crippen LogP contribution in [0.2, 0.25) is 0 Å². The van der Waals surface area contributed by atoms with Crippen molar-refractivity contribution in [3.05, 3.63) is 0 Å². The Balaban J connectivity index is 4.29. The van der Waals surface area contributed by atoms with Gasteiger partial charge in [-0.1, -0.05) is 20.3 Å². The summed E-state index contributed by atoms with van der Waals surface area (Å²) in [5.41, 5.74) is 4.63. The average molecular weight is 230 g/mol. The summed E-state index contributed by atoms with van der Waals surface area (Å²) in [7, 11) is 0. The smallest absolute Gasteiger partial charge is 0.323 e. The predicted molar refractivity (Wildman–Crippen MR) is 66.5 cm³/mol. The van der Waals surface area contributed by atoms with E-state index in [0.29, 0.717) is 6.42 Å². The van der Waals surface area contributed by atoms with Gasteiger partial charge in [-0.2, -0.15) is 0 Å². The highest BCUT2D eigenvalue weighted by Gasteiger charge is 2.31. The molecule has 96 valence electrons. The van der Waals surface area contributed by atoms with Crippen LogP contribution in [0.4, 0.5) is 0 Å². The topological polar surface area (TPSA) is 66.6 Å². The molecule has 0 saturated carbocycles. The average Bonchev–Trinajstić information content (AvgIpc) is 2.18. The van der Waals surface area contributed by atoms with Crippen molar-refractivity contribution in [1.82, 2.24) is 4.90 Å². The van der Waals surface area contributed by atoms with Crippen LogP contribution in [0.15, 0.2) is 0 Å². The number of hydrogen-bond acceptors (Lipinski definition) is 3. The Labute approximate surface area is 98.8 Å². The fraction of sp³-hybridized carbons (Fsp3) is 0.917. The van der Waals surface area contributed by atoms with Gasteiger partial charge in [0.05, 0.1) is 0 Å². The Morgan fingerprint density at radius 2 is 2.06 bits per heavy atom. The molecule has 0 fully saturated rings. The molecule has 0 aromatic rings. The lowest BCUT2D eigenvalue weighted by Crippen LogP contribution is -2.50. The number of nitrogens with two attached hydrogens (primary N) is 1. The van der Waals surface area contributed by atoms with E-state index >= 15 is 0 Å². The highest BCUT2D eigenvalue weighted by molar-refractivity contribution is 5.77. The molecule has 0 aliphatic heterocycles. The normalized spacial score (nSPS) is 17.1. The van der Waals surface area contributed by atoms with E-state index in [9.17, 15) is 4.79 Å². The Hall–Kier alpha value is -0.610. The van der Waals surface area contributed by atoms with Crippen LogP contribution in [0.3, 0.4) is 0 Å². The third-order valence-electron chi connectivity index (χ3n) is 3.04. The summed E-state index contributed by atoms with van der Waals surface area (Å²) >= 11 is 0. The van der Waals surface area contributed by atoms with Gasteiger partial charge in [0.2, 0.25) is 0 Å². The van der Waals surface area contributed by atoms with Crippen LogP contribution >= 0.6 is 0 Å². The lowest BCUT2D eigenvalue weighted by atomic mass is 9.94. The monoisotopic (exact) mass is 230 g/mol. The van der Waals surface area contributed by atoms with E-state index in [2.05, 4.69) is 18.7 Å². The van der Waals surface area contributed by atoms with E-state index in [4.69, 9.17) is 10.8 Å². The van der Waals surface area contributed by atoms with Crippen molar-refractivity contribution in [2.45, 2.75) is 58.5 Å².